The van der Waals surface area contributed by atoms with Gasteiger partial charge < -0.3 is 5.32 Å². The van der Waals surface area contributed by atoms with E-state index in [2.05, 4.69) is 5.32 Å². The van der Waals surface area contributed by atoms with Gasteiger partial charge in [0.25, 0.3) is 0 Å². The van der Waals surface area contributed by atoms with Crippen LogP contribution >= 0.6 is 0 Å². The van der Waals surface area contributed by atoms with E-state index in [1.54, 1.807) is 0 Å². The monoisotopic (exact) mass is 163 g/mol. The predicted molar refractivity (Wildman–Crippen MR) is 49.6 cm³/mol. The number of nitrogens with one attached hydrogen (secondary N) is 1. The van der Waals surface area contributed by atoms with Crippen LogP contribution in [0.3, 0.4) is 0 Å². The third-order valence-corrected chi connectivity index (χ3v) is 1.42. The normalized spacial score (nSPS) is 27.8. The first kappa shape index (κ1) is 13.5. The average molecular weight is 163 g/mol. The van der Waals surface area contributed by atoms with Crippen LogP contribution in [-0.4, -0.2) is 19.3 Å². The fourth-order valence-electron chi connectivity index (χ4n) is 0.778. The van der Waals surface area contributed by atoms with Gasteiger partial charge in [-0.3, -0.25) is 0 Å². The summed E-state index contributed by atoms with van der Waals surface area (Å²) in [7, 11) is 0. The summed E-state index contributed by atoms with van der Waals surface area (Å²) in [5.41, 5.74) is 0. The topological polar surface area (TPSA) is 12.0 Å². The van der Waals surface area contributed by atoms with Crippen LogP contribution in [0.4, 0.5) is 4.39 Å². The van der Waals surface area contributed by atoms with Crippen molar-refractivity contribution in [3.8, 4) is 0 Å². The van der Waals surface area contributed by atoms with Crippen LogP contribution in [0.25, 0.3) is 0 Å². The quantitative estimate of drug-likeness (QED) is 0.579. The van der Waals surface area contributed by atoms with Crippen molar-refractivity contribution in [2.45, 2.75) is 40.8 Å². The molecule has 1 N–H and O–H groups in total. The molecule has 1 nitrogen and oxygen atoms in total. The molecule has 0 aliphatic carbocycles. The smallest absolute Gasteiger partial charge is 0.116 e. The summed E-state index contributed by atoms with van der Waals surface area (Å²) in [5.74, 6) is 0.236. The Morgan fingerprint density at radius 1 is 1.09 bits per heavy atom. The molecule has 1 heterocycles. The molecule has 1 aliphatic rings. The highest BCUT2D eigenvalue weighted by atomic mass is 19.1. The van der Waals surface area contributed by atoms with Crippen LogP contribution in [0.2, 0.25) is 0 Å². The second-order valence-corrected chi connectivity index (χ2v) is 2.15. The highest BCUT2D eigenvalue weighted by Crippen LogP contribution is 2.09. The first-order valence-electron chi connectivity index (χ1n) is 4.65. The predicted octanol–water partition coefficient (Wildman–Crippen LogP) is 2.62. The molecular formula is C9H22FN. The lowest BCUT2D eigenvalue weighted by molar-refractivity contribution is 0.298. The zero-order valence-electron chi connectivity index (χ0n) is 8.45. The fourth-order valence-corrected chi connectivity index (χ4v) is 0.778. The second-order valence-electron chi connectivity index (χ2n) is 2.15. The lowest BCUT2D eigenvalue weighted by Crippen LogP contribution is -2.08. The van der Waals surface area contributed by atoms with Crippen LogP contribution in [0, 0.1) is 5.92 Å². The van der Waals surface area contributed by atoms with Crippen molar-refractivity contribution in [2.24, 2.45) is 5.92 Å². The Bertz CT molecular complexity index is 58.6. The molecule has 1 saturated heterocycles. The maximum absolute atomic E-state index is 12.3. The maximum Gasteiger partial charge on any atom is 0.116 e. The second kappa shape index (κ2) is 9.89. The Labute approximate surface area is 70.4 Å². The van der Waals surface area contributed by atoms with E-state index in [0.29, 0.717) is 6.54 Å². The molecule has 0 saturated carbocycles. The Balaban J connectivity index is 0. The van der Waals surface area contributed by atoms with Gasteiger partial charge in [0.1, 0.15) is 6.17 Å². The van der Waals surface area contributed by atoms with Gasteiger partial charge in [-0.05, 0) is 0 Å². The molecular weight excluding hydrogens is 141 g/mol. The zero-order chi connectivity index (χ0) is 9.28. The van der Waals surface area contributed by atoms with Gasteiger partial charge in [0.2, 0.25) is 0 Å². The van der Waals surface area contributed by atoms with Gasteiger partial charge in [-0.25, -0.2) is 4.39 Å². The Kier molecular flexibility index (Phi) is 12.1. The standard InChI is InChI=1S/C5H10FN.2C2H6/c1-4-2-7-3-5(4)6;2*1-2/h4-5,7H,2-3H2,1H3;2*1-2H3. The number of hydrogen-bond acceptors (Lipinski definition) is 1. The average Bonchev–Trinajstić information content (AvgIpc) is 2.44. The molecule has 11 heavy (non-hydrogen) atoms. The number of halogens is 1. The summed E-state index contributed by atoms with van der Waals surface area (Å²) in [4.78, 5) is 0. The van der Waals surface area contributed by atoms with E-state index in [4.69, 9.17) is 0 Å². The van der Waals surface area contributed by atoms with E-state index in [9.17, 15) is 4.39 Å². The lowest BCUT2D eigenvalue weighted by atomic mass is 10.1. The molecule has 2 unspecified atom stereocenters. The van der Waals surface area contributed by atoms with E-state index in [1.165, 1.54) is 0 Å². The van der Waals surface area contributed by atoms with Crippen molar-refractivity contribution in [3.05, 3.63) is 0 Å². The lowest BCUT2D eigenvalue weighted by Gasteiger charge is -1.99. The molecule has 0 aromatic rings. The highest BCUT2D eigenvalue weighted by Gasteiger charge is 2.21. The fraction of sp³-hybridized carbons (Fsp3) is 1.00. The van der Waals surface area contributed by atoms with E-state index >= 15 is 0 Å². The van der Waals surface area contributed by atoms with Gasteiger partial charge >= 0.3 is 0 Å². The number of rotatable bonds is 0. The summed E-state index contributed by atoms with van der Waals surface area (Å²) >= 11 is 0. The molecule has 2 heteroatoms. The third kappa shape index (κ3) is 6.29. The van der Waals surface area contributed by atoms with Crippen molar-refractivity contribution < 1.29 is 4.39 Å². The molecule has 70 valence electrons. The highest BCUT2D eigenvalue weighted by molar-refractivity contribution is 4.76. The van der Waals surface area contributed by atoms with Crippen LogP contribution in [0.15, 0.2) is 0 Å². The van der Waals surface area contributed by atoms with Crippen molar-refractivity contribution in [1.82, 2.24) is 5.32 Å². The molecule has 2 atom stereocenters. The largest absolute Gasteiger partial charge is 0.313 e. The zero-order valence-corrected chi connectivity index (χ0v) is 8.45. The molecule has 0 bridgehead atoms. The number of alkyl halides is 1. The minimum absolute atomic E-state index is 0.236. The van der Waals surface area contributed by atoms with Crippen LogP contribution < -0.4 is 5.32 Å². The van der Waals surface area contributed by atoms with Crippen LogP contribution in [0.5, 0.6) is 0 Å². The van der Waals surface area contributed by atoms with Gasteiger partial charge in [-0.15, -0.1) is 0 Å². The summed E-state index contributed by atoms with van der Waals surface area (Å²) < 4.78 is 12.3. The SMILES string of the molecule is CC.CC.CC1CNCC1F. The molecule has 0 aromatic carbocycles. The molecule has 0 spiro atoms. The van der Waals surface area contributed by atoms with Crippen molar-refractivity contribution >= 4 is 0 Å². The van der Waals surface area contributed by atoms with Gasteiger partial charge in [0.15, 0.2) is 0 Å². The molecule has 1 aliphatic heterocycles. The third-order valence-electron chi connectivity index (χ3n) is 1.42. The van der Waals surface area contributed by atoms with Crippen LogP contribution in [0.1, 0.15) is 34.6 Å². The Morgan fingerprint density at radius 3 is 1.64 bits per heavy atom. The Morgan fingerprint density at radius 2 is 1.55 bits per heavy atom. The maximum atomic E-state index is 12.3. The summed E-state index contributed by atoms with van der Waals surface area (Å²) in [6.45, 7) is 11.3. The van der Waals surface area contributed by atoms with E-state index < -0.39 is 6.17 Å². The van der Waals surface area contributed by atoms with Gasteiger partial charge in [0.05, 0.1) is 0 Å². The first-order chi connectivity index (χ1) is 5.30. The minimum atomic E-state index is -0.597. The number of hydrogen-bond donors (Lipinski definition) is 1. The summed E-state index contributed by atoms with van der Waals surface area (Å²) in [5, 5.41) is 2.95. The molecule has 0 radical (unpaired) electrons. The van der Waals surface area contributed by atoms with E-state index in [0.717, 1.165) is 6.54 Å². The van der Waals surface area contributed by atoms with Gasteiger partial charge in [-0.2, -0.15) is 0 Å². The van der Waals surface area contributed by atoms with E-state index in [-0.39, 0.29) is 5.92 Å². The summed E-state index contributed by atoms with van der Waals surface area (Å²) in [6.07, 6.45) is -0.597. The Hall–Kier alpha value is -0.110. The molecule has 0 aromatic heterocycles. The van der Waals surface area contributed by atoms with Crippen molar-refractivity contribution in [1.29, 1.82) is 0 Å². The van der Waals surface area contributed by atoms with E-state index in [1.807, 2.05) is 34.6 Å². The van der Waals surface area contributed by atoms with Crippen molar-refractivity contribution in [3.63, 3.8) is 0 Å². The molecule has 0 amide bonds. The molecule has 1 fully saturated rings. The molecule has 1 rings (SSSR count). The minimum Gasteiger partial charge on any atom is -0.313 e. The van der Waals surface area contributed by atoms with Gasteiger partial charge in [0, 0.05) is 19.0 Å². The summed E-state index contributed by atoms with van der Waals surface area (Å²) in [6, 6.07) is 0. The first-order valence-corrected chi connectivity index (χ1v) is 4.65. The van der Waals surface area contributed by atoms with Crippen molar-refractivity contribution in [2.75, 3.05) is 13.1 Å². The van der Waals surface area contributed by atoms with Crippen LogP contribution in [-0.2, 0) is 0 Å². The van der Waals surface area contributed by atoms with Gasteiger partial charge in [-0.1, -0.05) is 34.6 Å².